The Morgan fingerprint density at radius 2 is 1.91 bits per heavy atom. The molecule has 32 heavy (non-hydrogen) atoms. The summed E-state index contributed by atoms with van der Waals surface area (Å²) in [6, 6.07) is 1.68. The van der Waals surface area contributed by atoms with E-state index in [0.29, 0.717) is 5.39 Å². The van der Waals surface area contributed by atoms with Crippen molar-refractivity contribution >= 4 is 22.4 Å². The summed E-state index contributed by atoms with van der Waals surface area (Å²) in [6.45, 7) is 3.75. The van der Waals surface area contributed by atoms with Crippen LogP contribution in [0.4, 0.5) is 11.5 Å². The van der Waals surface area contributed by atoms with Gasteiger partial charge in [0.25, 0.3) is 0 Å². The molecule has 2 N–H and O–H groups in total. The molecule has 1 fully saturated rings. The van der Waals surface area contributed by atoms with Gasteiger partial charge in [-0.05, 0) is 31.9 Å². The lowest BCUT2D eigenvalue weighted by Crippen LogP contribution is -2.29. The number of allylic oxidation sites excluding steroid dienone is 9. The highest BCUT2D eigenvalue weighted by molar-refractivity contribution is 5.92. The molecule has 0 atom stereocenters. The summed E-state index contributed by atoms with van der Waals surface area (Å²) in [7, 11) is 0. The van der Waals surface area contributed by atoms with Gasteiger partial charge < -0.3 is 20.1 Å². The minimum Gasteiger partial charge on any atom is -0.367 e. The van der Waals surface area contributed by atoms with Crippen molar-refractivity contribution in [3.63, 3.8) is 0 Å². The number of hydrogen-bond donors (Lipinski definition) is 2. The molecular weight excluding hydrogens is 398 g/mol. The first kappa shape index (κ1) is 20.5. The second-order valence-corrected chi connectivity index (χ2v) is 8.32. The summed E-state index contributed by atoms with van der Waals surface area (Å²) >= 11 is 0. The number of nitrogens with zero attached hydrogens (tertiary/aromatic N) is 3. The quantitative estimate of drug-likeness (QED) is 0.770. The normalized spacial score (nSPS) is 19.1. The van der Waals surface area contributed by atoms with Crippen LogP contribution < -0.4 is 21.0 Å². The molecule has 3 aliphatic rings. The fraction of sp³-hybridized carbons (Fsp3) is 0.308. The molecule has 5 rings (SSSR count). The SMILES string of the molecule is O=c1cc(NC2=CCCC=C2)n(C2C=CC=CC=C2)c2c(N3CCCNCC3)cncc12. The molecule has 0 bridgehead atoms. The first-order valence-corrected chi connectivity index (χ1v) is 11.5. The first-order chi connectivity index (χ1) is 15.8. The third-order valence-corrected chi connectivity index (χ3v) is 6.13. The zero-order valence-corrected chi connectivity index (χ0v) is 18.2. The molecule has 0 unspecified atom stereocenters. The minimum absolute atomic E-state index is 0.0128. The Bertz CT molecular complexity index is 1180. The Hall–Kier alpha value is -3.38. The number of rotatable bonds is 4. The molecule has 2 aromatic heterocycles. The maximum Gasteiger partial charge on any atom is 0.193 e. The predicted octanol–water partition coefficient (Wildman–Crippen LogP) is 4.07. The molecule has 0 aromatic carbocycles. The molecule has 0 amide bonds. The summed E-state index contributed by atoms with van der Waals surface area (Å²) in [5.41, 5.74) is 2.96. The predicted molar refractivity (Wildman–Crippen MR) is 132 cm³/mol. The summed E-state index contributed by atoms with van der Waals surface area (Å²) in [5.74, 6) is 0.793. The highest BCUT2D eigenvalue weighted by Gasteiger charge is 2.21. The number of pyridine rings is 2. The molecular formula is C26H29N5O. The Morgan fingerprint density at radius 3 is 2.72 bits per heavy atom. The maximum absolute atomic E-state index is 13.2. The third kappa shape index (κ3) is 4.18. The molecule has 164 valence electrons. The van der Waals surface area contributed by atoms with Crippen molar-refractivity contribution in [1.82, 2.24) is 14.9 Å². The lowest BCUT2D eigenvalue weighted by molar-refractivity contribution is 0.724. The molecule has 1 aliphatic heterocycles. The summed E-state index contributed by atoms with van der Waals surface area (Å²) in [6.07, 6.45) is 25.7. The van der Waals surface area contributed by atoms with Crippen LogP contribution in [0.1, 0.15) is 25.3 Å². The van der Waals surface area contributed by atoms with E-state index in [2.05, 4.69) is 67.6 Å². The van der Waals surface area contributed by atoms with E-state index in [1.807, 2.05) is 18.3 Å². The fourth-order valence-electron chi connectivity index (χ4n) is 4.57. The molecule has 6 nitrogen and oxygen atoms in total. The molecule has 2 aromatic rings. The van der Waals surface area contributed by atoms with E-state index in [4.69, 9.17) is 0 Å². The highest BCUT2D eigenvalue weighted by Crippen LogP contribution is 2.32. The van der Waals surface area contributed by atoms with Gasteiger partial charge in [0, 0.05) is 37.6 Å². The second kappa shape index (κ2) is 9.40. The maximum atomic E-state index is 13.2. The van der Waals surface area contributed by atoms with Gasteiger partial charge in [-0.25, -0.2) is 0 Å². The van der Waals surface area contributed by atoms with Gasteiger partial charge in [-0.1, -0.05) is 48.6 Å². The topological polar surface area (TPSA) is 62.2 Å². The van der Waals surface area contributed by atoms with Crippen LogP contribution in [0.5, 0.6) is 0 Å². The molecule has 6 heteroatoms. The lowest BCUT2D eigenvalue weighted by atomic mass is 10.1. The van der Waals surface area contributed by atoms with Gasteiger partial charge in [-0.3, -0.25) is 9.78 Å². The van der Waals surface area contributed by atoms with Crippen molar-refractivity contribution in [3.05, 3.63) is 89.1 Å². The first-order valence-electron chi connectivity index (χ1n) is 11.5. The average molecular weight is 428 g/mol. The van der Waals surface area contributed by atoms with E-state index in [1.165, 1.54) is 0 Å². The van der Waals surface area contributed by atoms with Crippen molar-refractivity contribution in [1.29, 1.82) is 0 Å². The van der Waals surface area contributed by atoms with Crippen molar-refractivity contribution < 1.29 is 0 Å². The molecule has 1 saturated heterocycles. The lowest BCUT2D eigenvalue weighted by Gasteiger charge is -2.28. The average Bonchev–Trinajstić information content (AvgIpc) is 3.25. The third-order valence-electron chi connectivity index (χ3n) is 6.13. The summed E-state index contributed by atoms with van der Waals surface area (Å²) < 4.78 is 2.25. The van der Waals surface area contributed by atoms with Gasteiger partial charge in [0.15, 0.2) is 5.43 Å². The van der Waals surface area contributed by atoms with E-state index in [0.717, 1.165) is 68.2 Å². The van der Waals surface area contributed by atoms with Gasteiger partial charge in [0.2, 0.25) is 0 Å². The van der Waals surface area contributed by atoms with E-state index in [1.54, 1.807) is 12.3 Å². The molecule has 3 heterocycles. The minimum atomic E-state index is -0.0324. The van der Waals surface area contributed by atoms with Gasteiger partial charge in [0.05, 0.1) is 28.8 Å². The van der Waals surface area contributed by atoms with E-state index in [-0.39, 0.29) is 11.5 Å². The van der Waals surface area contributed by atoms with Gasteiger partial charge in [0.1, 0.15) is 5.82 Å². The van der Waals surface area contributed by atoms with Crippen molar-refractivity contribution in [3.8, 4) is 0 Å². The summed E-state index contributed by atoms with van der Waals surface area (Å²) in [4.78, 5) is 20.1. The van der Waals surface area contributed by atoms with Gasteiger partial charge in [-0.2, -0.15) is 0 Å². The smallest absolute Gasteiger partial charge is 0.193 e. The van der Waals surface area contributed by atoms with Crippen LogP contribution in [0.3, 0.4) is 0 Å². The Labute approximate surface area is 188 Å². The number of aromatic nitrogens is 2. The Morgan fingerprint density at radius 1 is 1.03 bits per heavy atom. The number of hydrogen-bond acceptors (Lipinski definition) is 5. The van der Waals surface area contributed by atoms with Crippen molar-refractivity contribution in [2.24, 2.45) is 0 Å². The summed E-state index contributed by atoms with van der Waals surface area (Å²) in [5, 5.41) is 7.66. The van der Waals surface area contributed by atoms with Crippen LogP contribution >= 0.6 is 0 Å². The van der Waals surface area contributed by atoms with Crippen molar-refractivity contribution in [2.75, 3.05) is 36.4 Å². The highest BCUT2D eigenvalue weighted by atomic mass is 16.1. The Kier molecular flexibility index (Phi) is 6.03. The van der Waals surface area contributed by atoms with Crippen LogP contribution in [-0.2, 0) is 0 Å². The van der Waals surface area contributed by atoms with Crippen LogP contribution in [-0.4, -0.2) is 35.7 Å². The standard InChI is InChI=1S/C26H29N5O/c32-24-17-25(29-20-9-4-3-5-10-20)31(21-11-6-1-2-7-12-21)26-22(24)18-28-19-23(26)30-15-8-13-27-14-16-30/h1-2,4,6-7,9-12,17-19,21,27,29H,3,5,8,13-16H2. The number of nitrogens with one attached hydrogen (secondary N) is 2. The fourth-order valence-corrected chi connectivity index (χ4v) is 4.57. The van der Waals surface area contributed by atoms with Crippen LogP contribution in [0.2, 0.25) is 0 Å². The number of anilines is 2. The van der Waals surface area contributed by atoms with Crippen LogP contribution in [0, 0.1) is 0 Å². The van der Waals surface area contributed by atoms with Crippen molar-refractivity contribution in [2.45, 2.75) is 25.3 Å². The zero-order chi connectivity index (χ0) is 21.8. The second-order valence-electron chi connectivity index (χ2n) is 8.32. The molecule has 2 aliphatic carbocycles. The Balaban J connectivity index is 1.74. The molecule has 0 radical (unpaired) electrons. The van der Waals surface area contributed by atoms with E-state index >= 15 is 0 Å². The zero-order valence-electron chi connectivity index (χ0n) is 18.2. The van der Waals surface area contributed by atoms with Crippen LogP contribution in [0.15, 0.2) is 83.6 Å². The van der Waals surface area contributed by atoms with Crippen LogP contribution in [0.25, 0.3) is 10.9 Å². The van der Waals surface area contributed by atoms with Gasteiger partial charge >= 0.3 is 0 Å². The van der Waals surface area contributed by atoms with E-state index < -0.39 is 0 Å². The number of fused-ring (bicyclic) bond motifs is 1. The van der Waals surface area contributed by atoms with E-state index in [9.17, 15) is 4.79 Å². The molecule has 0 saturated carbocycles. The van der Waals surface area contributed by atoms with Gasteiger partial charge in [-0.15, -0.1) is 0 Å². The molecule has 0 spiro atoms. The monoisotopic (exact) mass is 427 g/mol. The largest absolute Gasteiger partial charge is 0.367 e.